The van der Waals surface area contributed by atoms with Crippen molar-refractivity contribution < 1.29 is 24.1 Å². The Hall–Kier alpha value is -3.47. The highest BCUT2D eigenvalue weighted by atomic mass is 16.5. The number of aliphatic carboxylic acids is 1. The van der Waals surface area contributed by atoms with Crippen LogP contribution in [0.3, 0.4) is 0 Å². The number of hydrogen-bond donors (Lipinski definition) is 1. The van der Waals surface area contributed by atoms with Gasteiger partial charge in [0, 0.05) is 29.5 Å². The number of hydrogen-bond acceptors (Lipinski definition) is 4. The van der Waals surface area contributed by atoms with E-state index in [-0.39, 0.29) is 12.3 Å². The van der Waals surface area contributed by atoms with Crippen LogP contribution in [-0.4, -0.2) is 24.3 Å². The Morgan fingerprint density at radius 3 is 2.81 bits per heavy atom. The lowest BCUT2D eigenvalue weighted by Crippen LogP contribution is -2.07. The van der Waals surface area contributed by atoms with Crippen LogP contribution in [0.2, 0.25) is 0 Å². The molecule has 32 heavy (non-hydrogen) atoms. The molecule has 1 N–H and O–H groups in total. The van der Waals surface area contributed by atoms with E-state index in [1.807, 2.05) is 18.2 Å². The van der Waals surface area contributed by atoms with Gasteiger partial charge < -0.3 is 19.3 Å². The molecule has 5 nitrogen and oxygen atoms in total. The highest BCUT2D eigenvalue weighted by Crippen LogP contribution is 2.39. The van der Waals surface area contributed by atoms with E-state index < -0.39 is 5.97 Å². The van der Waals surface area contributed by atoms with Crippen molar-refractivity contribution in [3.8, 4) is 28.4 Å². The molecule has 1 unspecified atom stereocenters. The van der Waals surface area contributed by atoms with Gasteiger partial charge in [0.2, 0.25) is 0 Å². The third-order valence-electron chi connectivity index (χ3n) is 6.38. The lowest BCUT2D eigenvalue weighted by molar-refractivity contribution is -0.137. The molecule has 0 spiro atoms. The standard InChI is InChI=1S/C27H26O5/c1-16-10-24-22(8-9-30-24)17(2)27(16)19-5-3-4-18(11-19)14-31-21-6-7-23-20(12-26(28)29)15-32-25(23)13-21/h3-7,10-11,13,20H,8-9,12,14-15H2,1-2H3,(H,28,29). The molecule has 164 valence electrons. The molecule has 0 saturated heterocycles. The second-order valence-corrected chi connectivity index (χ2v) is 8.56. The number of carboxylic acids is 1. The van der Waals surface area contributed by atoms with E-state index in [4.69, 9.17) is 19.3 Å². The average Bonchev–Trinajstić information content (AvgIpc) is 3.39. The SMILES string of the molecule is Cc1cc2c(c(C)c1-c1cccc(COc3ccc4c(c3)OCC4CC(=O)O)c1)CCO2. The molecule has 0 saturated carbocycles. The van der Waals surface area contributed by atoms with Crippen molar-refractivity contribution in [3.63, 3.8) is 0 Å². The molecular weight excluding hydrogens is 404 g/mol. The predicted molar refractivity (Wildman–Crippen MR) is 122 cm³/mol. The molecule has 1 atom stereocenters. The number of ether oxygens (including phenoxy) is 3. The highest BCUT2D eigenvalue weighted by Gasteiger charge is 2.26. The van der Waals surface area contributed by atoms with Crippen molar-refractivity contribution in [1.29, 1.82) is 0 Å². The minimum absolute atomic E-state index is 0.0770. The molecule has 0 amide bonds. The Morgan fingerprint density at radius 2 is 1.97 bits per heavy atom. The van der Waals surface area contributed by atoms with Crippen LogP contribution >= 0.6 is 0 Å². The molecule has 5 heteroatoms. The first-order chi connectivity index (χ1) is 15.5. The van der Waals surface area contributed by atoms with Gasteiger partial charge >= 0.3 is 5.97 Å². The van der Waals surface area contributed by atoms with Crippen LogP contribution in [0.25, 0.3) is 11.1 Å². The van der Waals surface area contributed by atoms with E-state index in [9.17, 15) is 4.79 Å². The van der Waals surface area contributed by atoms with Crippen molar-refractivity contribution >= 4 is 5.97 Å². The first-order valence-corrected chi connectivity index (χ1v) is 11.0. The smallest absolute Gasteiger partial charge is 0.304 e. The predicted octanol–water partition coefficient (Wildman–Crippen LogP) is 5.44. The van der Waals surface area contributed by atoms with Gasteiger partial charge in [0.15, 0.2) is 0 Å². The molecule has 2 aliphatic heterocycles. The van der Waals surface area contributed by atoms with Crippen LogP contribution in [0.15, 0.2) is 48.5 Å². The fourth-order valence-electron chi connectivity index (χ4n) is 4.84. The zero-order chi connectivity index (χ0) is 22.2. The van der Waals surface area contributed by atoms with Gasteiger partial charge in [-0.05, 0) is 59.9 Å². The Bertz CT molecular complexity index is 1200. The third-order valence-corrected chi connectivity index (χ3v) is 6.38. The topological polar surface area (TPSA) is 65.0 Å². The maximum absolute atomic E-state index is 11.0. The summed E-state index contributed by atoms with van der Waals surface area (Å²) in [4.78, 5) is 11.0. The summed E-state index contributed by atoms with van der Waals surface area (Å²) in [7, 11) is 0. The van der Waals surface area contributed by atoms with Gasteiger partial charge in [0.05, 0.1) is 19.6 Å². The quantitative estimate of drug-likeness (QED) is 0.565. The van der Waals surface area contributed by atoms with Gasteiger partial charge in [0.1, 0.15) is 23.9 Å². The first kappa shape index (κ1) is 20.4. The number of carboxylic acid groups (broad SMARTS) is 1. The van der Waals surface area contributed by atoms with E-state index in [0.717, 1.165) is 29.9 Å². The molecule has 0 fully saturated rings. The zero-order valence-corrected chi connectivity index (χ0v) is 18.3. The number of fused-ring (bicyclic) bond motifs is 2. The number of aryl methyl sites for hydroxylation is 1. The Kier molecular flexibility index (Phi) is 5.25. The summed E-state index contributed by atoms with van der Waals surface area (Å²) in [6.07, 6.45) is 1.04. The second kappa shape index (κ2) is 8.23. The number of rotatable bonds is 6. The Labute approximate surface area is 187 Å². The minimum Gasteiger partial charge on any atom is -0.493 e. The molecule has 5 rings (SSSR count). The molecule has 3 aromatic carbocycles. The van der Waals surface area contributed by atoms with E-state index in [1.54, 1.807) is 0 Å². The van der Waals surface area contributed by atoms with Crippen LogP contribution in [0.5, 0.6) is 17.2 Å². The summed E-state index contributed by atoms with van der Waals surface area (Å²) in [5, 5.41) is 9.06. The van der Waals surface area contributed by atoms with Gasteiger partial charge in [-0.3, -0.25) is 4.79 Å². The summed E-state index contributed by atoms with van der Waals surface area (Å²) in [5.74, 6) is 1.54. The average molecular weight is 431 g/mol. The summed E-state index contributed by atoms with van der Waals surface area (Å²) in [6, 6.07) is 16.3. The van der Waals surface area contributed by atoms with Crippen molar-refractivity contribution in [3.05, 3.63) is 76.3 Å². The zero-order valence-electron chi connectivity index (χ0n) is 18.3. The third kappa shape index (κ3) is 3.79. The molecule has 0 radical (unpaired) electrons. The van der Waals surface area contributed by atoms with Crippen molar-refractivity contribution in [2.24, 2.45) is 0 Å². The van der Waals surface area contributed by atoms with E-state index in [0.29, 0.717) is 24.7 Å². The van der Waals surface area contributed by atoms with Crippen LogP contribution in [-0.2, 0) is 17.8 Å². The maximum atomic E-state index is 11.0. The van der Waals surface area contributed by atoms with Crippen LogP contribution in [0.1, 0.15) is 40.2 Å². The summed E-state index contributed by atoms with van der Waals surface area (Å²) in [5.41, 5.74) is 8.30. The number of benzene rings is 3. The van der Waals surface area contributed by atoms with E-state index >= 15 is 0 Å². The summed E-state index contributed by atoms with van der Waals surface area (Å²) >= 11 is 0. The van der Waals surface area contributed by atoms with Gasteiger partial charge in [-0.1, -0.05) is 24.3 Å². The van der Waals surface area contributed by atoms with Crippen molar-refractivity contribution in [1.82, 2.24) is 0 Å². The molecule has 0 aliphatic carbocycles. The molecule has 0 aromatic heterocycles. The molecule has 3 aromatic rings. The summed E-state index contributed by atoms with van der Waals surface area (Å²) in [6.45, 7) is 5.92. The summed E-state index contributed by atoms with van der Waals surface area (Å²) < 4.78 is 17.5. The molecule has 2 heterocycles. The van der Waals surface area contributed by atoms with Gasteiger partial charge in [-0.25, -0.2) is 0 Å². The van der Waals surface area contributed by atoms with Crippen molar-refractivity contribution in [2.45, 2.75) is 39.2 Å². The fourth-order valence-corrected chi connectivity index (χ4v) is 4.84. The lowest BCUT2D eigenvalue weighted by Gasteiger charge is -2.15. The van der Waals surface area contributed by atoms with Crippen LogP contribution < -0.4 is 14.2 Å². The molecule has 2 aliphatic rings. The second-order valence-electron chi connectivity index (χ2n) is 8.56. The van der Waals surface area contributed by atoms with E-state index in [2.05, 4.69) is 44.2 Å². The van der Waals surface area contributed by atoms with Gasteiger partial charge in [-0.2, -0.15) is 0 Å². The van der Waals surface area contributed by atoms with Crippen molar-refractivity contribution in [2.75, 3.05) is 13.2 Å². The van der Waals surface area contributed by atoms with Crippen LogP contribution in [0.4, 0.5) is 0 Å². The van der Waals surface area contributed by atoms with Crippen LogP contribution in [0, 0.1) is 13.8 Å². The van der Waals surface area contributed by atoms with Gasteiger partial charge in [-0.15, -0.1) is 0 Å². The normalized spacial score (nSPS) is 16.1. The largest absolute Gasteiger partial charge is 0.493 e. The first-order valence-electron chi connectivity index (χ1n) is 11.0. The molecular formula is C27H26O5. The highest BCUT2D eigenvalue weighted by molar-refractivity contribution is 5.74. The Morgan fingerprint density at radius 1 is 1.09 bits per heavy atom. The Balaban J connectivity index is 1.34. The van der Waals surface area contributed by atoms with Gasteiger partial charge in [0.25, 0.3) is 0 Å². The maximum Gasteiger partial charge on any atom is 0.304 e. The van der Waals surface area contributed by atoms with E-state index in [1.165, 1.54) is 27.8 Å². The lowest BCUT2D eigenvalue weighted by atomic mass is 9.90. The minimum atomic E-state index is -0.812. The number of carbonyl (C=O) groups is 1. The monoisotopic (exact) mass is 430 g/mol. The molecule has 0 bridgehead atoms. The fraction of sp³-hybridized carbons (Fsp3) is 0.296.